The van der Waals surface area contributed by atoms with E-state index >= 15 is 0 Å². The predicted octanol–water partition coefficient (Wildman–Crippen LogP) is 1.57. The molecule has 0 heterocycles. The molecular formula is C12H19NO4S. The van der Waals surface area contributed by atoms with E-state index < -0.39 is 14.6 Å². The lowest BCUT2D eigenvalue weighted by Crippen LogP contribution is -2.32. The van der Waals surface area contributed by atoms with Crippen molar-refractivity contribution in [1.29, 1.82) is 0 Å². The average molecular weight is 273 g/mol. The van der Waals surface area contributed by atoms with Crippen LogP contribution < -0.4 is 10.5 Å². The predicted molar refractivity (Wildman–Crippen MR) is 71.6 cm³/mol. The highest BCUT2D eigenvalue weighted by atomic mass is 32.2. The van der Waals surface area contributed by atoms with Gasteiger partial charge in [-0.1, -0.05) is 6.07 Å². The van der Waals surface area contributed by atoms with Crippen LogP contribution in [-0.4, -0.2) is 30.6 Å². The number of rotatable bonds is 4. The molecule has 18 heavy (non-hydrogen) atoms. The minimum atomic E-state index is -3.22. The third-order valence-electron chi connectivity index (χ3n) is 2.59. The fourth-order valence-electron chi connectivity index (χ4n) is 1.23. The molecule has 0 aliphatic rings. The maximum atomic E-state index is 11.8. The molecule has 1 rings (SSSR count). The molecule has 1 aromatic carbocycles. The van der Waals surface area contributed by atoms with Crippen LogP contribution in [0.2, 0.25) is 0 Å². The quantitative estimate of drug-likeness (QED) is 0.642. The number of nitrogen functional groups attached to an aromatic ring is 1. The summed E-state index contributed by atoms with van der Waals surface area (Å²) in [4.78, 5) is 0. The lowest BCUT2D eigenvalue weighted by molar-refractivity contribution is 0.339. The molecule has 0 saturated heterocycles. The lowest BCUT2D eigenvalue weighted by atomic mass is 10.3. The molecule has 1 aromatic rings. The highest BCUT2D eigenvalue weighted by molar-refractivity contribution is 7.92. The number of hydrogen-bond acceptors (Lipinski definition) is 5. The SMILES string of the molecule is CC(C)(C)S(=O)(=O)CCOc1cccc(O)c1N. The van der Waals surface area contributed by atoms with Crippen molar-refractivity contribution < 1.29 is 18.3 Å². The number of phenolic OH excluding ortho intramolecular Hbond substituents is 1. The average Bonchev–Trinajstić information content (AvgIpc) is 2.22. The Morgan fingerprint density at radius 2 is 1.94 bits per heavy atom. The van der Waals surface area contributed by atoms with Gasteiger partial charge in [-0.05, 0) is 32.9 Å². The Kier molecular flexibility index (Phi) is 4.11. The summed E-state index contributed by atoms with van der Waals surface area (Å²) in [5.74, 6) is 0.122. The number of para-hydroxylation sites is 1. The second-order valence-corrected chi connectivity index (χ2v) is 7.83. The molecule has 0 fully saturated rings. The van der Waals surface area contributed by atoms with E-state index in [2.05, 4.69) is 0 Å². The second-order valence-electron chi connectivity index (χ2n) is 4.97. The highest BCUT2D eigenvalue weighted by Gasteiger charge is 2.28. The Morgan fingerprint density at radius 3 is 2.50 bits per heavy atom. The van der Waals surface area contributed by atoms with Crippen molar-refractivity contribution in [2.24, 2.45) is 0 Å². The summed E-state index contributed by atoms with van der Waals surface area (Å²) in [6.45, 7) is 4.94. The number of hydrogen-bond donors (Lipinski definition) is 2. The third-order valence-corrected chi connectivity index (χ3v) is 5.16. The lowest BCUT2D eigenvalue weighted by Gasteiger charge is -2.19. The minimum absolute atomic E-state index is 0.00720. The van der Waals surface area contributed by atoms with E-state index in [-0.39, 0.29) is 23.8 Å². The smallest absolute Gasteiger partial charge is 0.158 e. The molecule has 0 bridgehead atoms. The van der Waals surface area contributed by atoms with Crippen molar-refractivity contribution in [3.8, 4) is 11.5 Å². The van der Waals surface area contributed by atoms with Gasteiger partial charge in [-0.2, -0.15) is 0 Å². The molecule has 5 nitrogen and oxygen atoms in total. The number of aromatic hydroxyl groups is 1. The van der Waals surface area contributed by atoms with Gasteiger partial charge in [-0.3, -0.25) is 0 Å². The van der Waals surface area contributed by atoms with Crippen molar-refractivity contribution >= 4 is 15.5 Å². The molecule has 0 radical (unpaired) electrons. The van der Waals surface area contributed by atoms with Gasteiger partial charge in [0.15, 0.2) is 9.84 Å². The molecule has 102 valence electrons. The topological polar surface area (TPSA) is 89.6 Å². The first-order valence-electron chi connectivity index (χ1n) is 5.58. The minimum Gasteiger partial charge on any atom is -0.506 e. The first-order valence-corrected chi connectivity index (χ1v) is 7.23. The number of phenols is 1. The zero-order chi connectivity index (χ0) is 14.0. The monoisotopic (exact) mass is 273 g/mol. The van der Waals surface area contributed by atoms with Gasteiger partial charge >= 0.3 is 0 Å². The van der Waals surface area contributed by atoms with Crippen LogP contribution >= 0.6 is 0 Å². The van der Waals surface area contributed by atoms with Gasteiger partial charge in [0, 0.05) is 0 Å². The molecule has 0 unspecified atom stereocenters. The van der Waals surface area contributed by atoms with Crippen LogP contribution in [0.25, 0.3) is 0 Å². The number of benzene rings is 1. The molecule has 0 aromatic heterocycles. The van der Waals surface area contributed by atoms with Gasteiger partial charge < -0.3 is 15.6 Å². The maximum Gasteiger partial charge on any atom is 0.158 e. The van der Waals surface area contributed by atoms with E-state index in [1.807, 2.05) is 0 Å². The van der Waals surface area contributed by atoms with E-state index in [0.717, 1.165) is 0 Å². The first kappa shape index (κ1) is 14.6. The van der Waals surface area contributed by atoms with Crippen LogP contribution in [-0.2, 0) is 9.84 Å². The summed E-state index contributed by atoms with van der Waals surface area (Å²) < 4.78 is 28.1. The van der Waals surface area contributed by atoms with Gasteiger partial charge in [0.25, 0.3) is 0 Å². The summed E-state index contributed by atoms with van der Waals surface area (Å²) >= 11 is 0. The van der Waals surface area contributed by atoms with Crippen molar-refractivity contribution in [2.75, 3.05) is 18.1 Å². The van der Waals surface area contributed by atoms with Gasteiger partial charge in [0.2, 0.25) is 0 Å². The zero-order valence-corrected chi connectivity index (χ0v) is 11.6. The van der Waals surface area contributed by atoms with Gasteiger partial charge in [0.1, 0.15) is 23.8 Å². The van der Waals surface area contributed by atoms with Crippen LogP contribution in [0.3, 0.4) is 0 Å². The summed E-state index contributed by atoms with van der Waals surface area (Å²) in [7, 11) is -3.22. The second kappa shape index (κ2) is 5.06. The van der Waals surface area contributed by atoms with E-state index in [1.54, 1.807) is 32.9 Å². The van der Waals surface area contributed by atoms with Gasteiger partial charge in [-0.25, -0.2) is 8.42 Å². The van der Waals surface area contributed by atoms with Crippen molar-refractivity contribution in [3.05, 3.63) is 18.2 Å². The number of nitrogens with two attached hydrogens (primary N) is 1. The largest absolute Gasteiger partial charge is 0.506 e. The Hall–Kier alpha value is -1.43. The van der Waals surface area contributed by atoms with Crippen molar-refractivity contribution in [2.45, 2.75) is 25.5 Å². The number of sulfone groups is 1. The Balaban J connectivity index is 2.66. The molecule has 0 spiro atoms. The molecule has 6 heteroatoms. The fourth-order valence-corrected chi connectivity index (χ4v) is 2.14. The Bertz CT molecular complexity index is 517. The van der Waals surface area contributed by atoms with E-state index in [1.165, 1.54) is 6.07 Å². The summed E-state index contributed by atoms with van der Waals surface area (Å²) in [5, 5.41) is 9.37. The normalized spacial score (nSPS) is 12.4. The Morgan fingerprint density at radius 1 is 1.33 bits per heavy atom. The van der Waals surface area contributed by atoms with E-state index in [9.17, 15) is 13.5 Å². The molecular weight excluding hydrogens is 254 g/mol. The van der Waals surface area contributed by atoms with E-state index in [4.69, 9.17) is 10.5 Å². The molecule has 0 aliphatic heterocycles. The highest BCUT2D eigenvalue weighted by Crippen LogP contribution is 2.30. The summed E-state index contributed by atoms with van der Waals surface area (Å²) in [6.07, 6.45) is 0. The fraction of sp³-hybridized carbons (Fsp3) is 0.500. The van der Waals surface area contributed by atoms with Crippen molar-refractivity contribution in [1.82, 2.24) is 0 Å². The maximum absolute atomic E-state index is 11.8. The van der Waals surface area contributed by atoms with Crippen LogP contribution in [0.15, 0.2) is 18.2 Å². The third kappa shape index (κ3) is 3.29. The first-order chi connectivity index (χ1) is 8.15. The standard InChI is InChI=1S/C12H19NO4S/c1-12(2,3)18(15,16)8-7-17-10-6-4-5-9(14)11(10)13/h4-6,14H,7-8,13H2,1-3H3. The van der Waals surface area contributed by atoms with Gasteiger partial charge in [-0.15, -0.1) is 0 Å². The molecule has 0 amide bonds. The zero-order valence-electron chi connectivity index (χ0n) is 10.8. The summed E-state index contributed by atoms with van der Waals surface area (Å²) in [6, 6.07) is 4.60. The van der Waals surface area contributed by atoms with Gasteiger partial charge in [0.05, 0.1) is 10.5 Å². The number of ether oxygens (including phenoxy) is 1. The van der Waals surface area contributed by atoms with Crippen molar-refractivity contribution in [3.63, 3.8) is 0 Å². The van der Waals surface area contributed by atoms with Crippen LogP contribution in [0.1, 0.15) is 20.8 Å². The Labute approximate surface area is 107 Å². The molecule has 0 atom stereocenters. The molecule has 0 aliphatic carbocycles. The molecule has 0 saturated carbocycles. The van der Waals surface area contributed by atoms with Crippen LogP contribution in [0.5, 0.6) is 11.5 Å². The number of anilines is 1. The van der Waals surface area contributed by atoms with Crippen LogP contribution in [0, 0.1) is 0 Å². The molecule has 3 N–H and O–H groups in total. The van der Waals surface area contributed by atoms with E-state index in [0.29, 0.717) is 5.75 Å². The van der Waals surface area contributed by atoms with Crippen LogP contribution in [0.4, 0.5) is 5.69 Å². The summed E-state index contributed by atoms with van der Waals surface area (Å²) in [5.41, 5.74) is 5.71.